The molecule has 0 aliphatic heterocycles. The summed E-state index contributed by atoms with van der Waals surface area (Å²) in [5, 5.41) is 11.9. The van der Waals surface area contributed by atoms with Gasteiger partial charge in [-0.15, -0.1) is 0 Å². The van der Waals surface area contributed by atoms with E-state index in [4.69, 9.17) is 5.11 Å². The van der Waals surface area contributed by atoms with Crippen molar-refractivity contribution in [3.63, 3.8) is 0 Å². The molecule has 2 N–H and O–H groups in total. The van der Waals surface area contributed by atoms with Crippen molar-refractivity contribution in [2.24, 2.45) is 0 Å². The minimum absolute atomic E-state index is 0.250. The van der Waals surface area contributed by atoms with E-state index in [1.807, 2.05) is 0 Å². The van der Waals surface area contributed by atoms with Crippen molar-refractivity contribution in [1.29, 1.82) is 0 Å². The van der Waals surface area contributed by atoms with Crippen LogP contribution < -0.4 is 5.32 Å². The molecule has 0 aromatic rings. The van der Waals surface area contributed by atoms with Crippen LogP contribution in [0, 0.1) is 0 Å². The van der Waals surface area contributed by atoms with Crippen LogP contribution in [0.4, 0.5) is 0 Å². The Hall–Kier alpha value is -0.0800. The lowest BCUT2D eigenvalue weighted by Gasteiger charge is -2.12. The molecule has 1 atom stereocenters. The lowest BCUT2D eigenvalue weighted by atomic mass is 10.1. The lowest BCUT2D eigenvalue weighted by molar-refractivity contribution is 0.283. The van der Waals surface area contributed by atoms with Gasteiger partial charge in [0.1, 0.15) is 0 Å². The summed E-state index contributed by atoms with van der Waals surface area (Å²) in [5.74, 6) is 0. The number of unbranched alkanes of at least 4 members (excludes halogenated alkanes) is 4. The molecule has 80 valence electrons. The maximum Gasteiger partial charge on any atom is 0.0556 e. The molecule has 0 spiro atoms. The molecule has 0 fully saturated rings. The zero-order chi connectivity index (χ0) is 9.94. The zero-order valence-electron chi connectivity index (χ0n) is 9.18. The molecule has 0 rings (SSSR count). The van der Waals surface area contributed by atoms with E-state index in [0.29, 0.717) is 6.04 Å². The Morgan fingerprint density at radius 2 is 1.85 bits per heavy atom. The van der Waals surface area contributed by atoms with Gasteiger partial charge in [0, 0.05) is 12.6 Å². The Labute approximate surface area is 82.7 Å². The number of aliphatic hydroxyl groups is 1. The molecule has 2 nitrogen and oxygen atoms in total. The third-order valence-electron chi connectivity index (χ3n) is 2.35. The molecule has 0 bridgehead atoms. The van der Waals surface area contributed by atoms with E-state index in [0.717, 1.165) is 6.54 Å². The van der Waals surface area contributed by atoms with Crippen LogP contribution in [0.25, 0.3) is 0 Å². The highest BCUT2D eigenvalue weighted by Gasteiger charge is 1.99. The largest absolute Gasteiger partial charge is 0.395 e. The highest BCUT2D eigenvalue weighted by Crippen LogP contribution is 2.06. The van der Waals surface area contributed by atoms with E-state index in [-0.39, 0.29) is 6.61 Å². The minimum atomic E-state index is 0.250. The first-order chi connectivity index (χ1) is 6.31. The van der Waals surface area contributed by atoms with Crippen molar-refractivity contribution in [3.05, 3.63) is 0 Å². The van der Waals surface area contributed by atoms with Crippen LogP contribution in [0.1, 0.15) is 52.4 Å². The average molecular weight is 187 g/mol. The fourth-order valence-corrected chi connectivity index (χ4v) is 1.47. The molecule has 0 unspecified atom stereocenters. The minimum Gasteiger partial charge on any atom is -0.395 e. The first-order valence-electron chi connectivity index (χ1n) is 5.65. The van der Waals surface area contributed by atoms with E-state index in [1.165, 1.54) is 38.5 Å². The smallest absolute Gasteiger partial charge is 0.0556 e. The molecular weight excluding hydrogens is 162 g/mol. The summed E-state index contributed by atoms with van der Waals surface area (Å²) >= 11 is 0. The molecule has 0 saturated heterocycles. The summed E-state index contributed by atoms with van der Waals surface area (Å²) in [7, 11) is 0. The van der Waals surface area contributed by atoms with E-state index in [9.17, 15) is 0 Å². The predicted molar refractivity (Wildman–Crippen MR) is 57.9 cm³/mol. The van der Waals surface area contributed by atoms with Crippen molar-refractivity contribution in [3.8, 4) is 0 Å². The van der Waals surface area contributed by atoms with Crippen LogP contribution in [-0.2, 0) is 0 Å². The third kappa shape index (κ3) is 9.84. The van der Waals surface area contributed by atoms with Crippen molar-refractivity contribution < 1.29 is 5.11 Å². The number of hydrogen-bond acceptors (Lipinski definition) is 2. The highest BCUT2D eigenvalue weighted by molar-refractivity contribution is 4.59. The Balaban J connectivity index is 3.03. The topological polar surface area (TPSA) is 32.3 Å². The van der Waals surface area contributed by atoms with Gasteiger partial charge in [0.05, 0.1) is 6.61 Å². The Kier molecular flexibility index (Phi) is 9.94. The van der Waals surface area contributed by atoms with Crippen LogP contribution in [0.2, 0.25) is 0 Å². The van der Waals surface area contributed by atoms with E-state index >= 15 is 0 Å². The summed E-state index contributed by atoms with van der Waals surface area (Å²) in [6.07, 6.45) is 7.99. The van der Waals surface area contributed by atoms with Crippen LogP contribution in [0.5, 0.6) is 0 Å². The van der Waals surface area contributed by atoms with Crippen LogP contribution in [0.3, 0.4) is 0 Å². The number of rotatable bonds is 9. The van der Waals surface area contributed by atoms with Gasteiger partial charge in [0.2, 0.25) is 0 Å². The van der Waals surface area contributed by atoms with Gasteiger partial charge in [0.15, 0.2) is 0 Å². The van der Waals surface area contributed by atoms with Gasteiger partial charge in [-0.3, -0.25) is 0 Å². The SMILES string of the molecule is CCCCCCC[C@@H](C)NCCO. The Bertz CT molecular complexity index is 96.1. The van der Waals surface area contributed by atoms with Gasteiger partial charge in [-0.25, -0.2) is 0 Å². The fourth-order valence-electron chi connectivity index (χ4n) is 1.47. The first kappa shape index (κ1) is 12.9. The predicted octanol–water partition coefficient (Wildman–Crippen LogP) is 2.32. The normalized spacial score (nSPS) is 13.2. The zero-order valence-corrected chi connectivity index (χ0v) is 9.18. The summed E-state index contributed by atoms with van der Waals surface area (Å²) < 4.78 is 0. The molecule has 0 amide bonds. The lowest BCUT2D eigenvalue weighted by Crippen LogP contribution is -2.28. The van der Waals surface area contributed by atoms with Gasteiger partial charge in [-0.1, -0.05) is 39.0 Å². The Morgan fingerprint density at radius 3 is 2.46 bits per heavy atom. The molecule has 0 aliphatic carbocycles. The number of nitrogens with one attached hydrogen (secondary N) is 1. The van der Waals surface area contributed by atoms with E-state index in [1.54, 1.807) is 0 Å². The highest BCUT2D eigenvalue weighted by atomic mass is 16.3. The maximum atomic E-state index is 8.59. The molecule has 0 aromatic heterocycles. The van der Waals surface area contributed by atoms with E-state index in [2.05, 4.69) is 19.2 Å². The van der Waals surface area contributed by atoms with Crippen molar-refractivity contribution >= 4 is 0 Å². The maximum absolute atomic E-state index is 8.59. The summed E-state index contributed by atoms with van der Waals surface area (Å²) in [6.45, 7) is 5.41. The van der Waals surface area contributed by atoms with Gasteiger partial charge < -0.3 is 10.4 Å². The molecule has 0 heterocycles. The second-order valence-corrected chi connectivity index (χ2v) is 3.78. The third-order valence-corrected chi connectivity index (χ3v) is 2.35. The monoisotopic (exact) mass is 187 g/mol. The van der Waals surface area contributed by atoms with E-state index < -0.39 is 0 Å². The van der Waals surface area contributed by atoms with Gasteiger partial charge in [-0.05, 0) is 13.3 Å². The van der Waals surface area contributed by atoms with Crippen molar-refractivity contribution in [2.75, 3.05) is 13.2 Å². The summed E-state index contributed by atoms with van der Waals surface area (Å²) in [5.41, 5.74) is 0. The molecule has 0 radical (unpaired) electrons. The standard InChI is InChI=1S/C11H25NO/c1-3-4-5-6-7-8-11(2)12-9-10-13/h11-13H,3-10H2,1-2H3/t11-/m1/s1. The van der Waals surface area contributed by atoms with Crippen molar-refractivity contribution in [1.82, 2.24) is 5.32 Å². The van der Waals surface area contributed by atoms with Gasteiger partial charge in [0.25, 0.3) is 0 Å². The number of aliphatic hydroxyl groups excluding tert-OH is 1. The first-order valence-corrected chi connectivity index (χ1v) is 5.65. The molecule has 0 aromatic carbocycles. The molecule has 0 saturated carbocycles. The van der Waals surface area contributed by atoms with Crippen LogP contribution in [0.15, 0.2) is 0 Å². The second-order valence-electron chi connectivity index (χ2n) is 3.78. The summed E-state index contributed by atoms with van der Waals surface area (Å²) in [4.78, 5) is 0. The molecule has 2 heteroatoms. The molecular formula is C11H25NO. The van der Waals surface area contributed by atoms with Gasteiger partial charge >= 0.3 is 0 Å². The van der Waals surface area contributed by atoms with Crippen LogP contribution in [-0.4, -0.2) is 24.3 Å². The van der Waals surface area contributed by atoms with Gasteiger partial charge in [-0.2, -0.15) is 0 Å². The second kappa shape index (κ2) is 10.0. The fraction of sp³-hybridized carbons (Fsp3) is 1.00. The average Bonchev–Trinajstić information content (AvgIpc) is 2.14. The number of hydrogen-bond donors (Lipinski definition) is 2. The molecule has 0 aliphatic rings. The van der Waals surface area contributed by atoms with Crippen molar-refractivity contribution in [2.45, 2.75) is 58.4 Å². The Morgan fingerprint density at radius 1 is 1.15 bits per heavy atom. The molecule has 13 heavy (non-hydrogen) atoms. The quantitative estimate of drug-likeness (QED) is 0.543. The van der Waals surface area contributed by atoms with Crippen LogP contribution >= 0.6 is 0 Å². The summed E-state index contributed by atoms with van der Waals surface area (Å²) in [6, 6.07) is 0.564.